The highest BCUT2D eigenvalue weighted by atomic mass is 35.5. The molecule has 0 saturated carbocycles. The highest BCUT2D eigenvalue weighted by molar-refractivity contribution is 6.67. The second kappa shape index (κ2) is 4.35. The minimum absolute atomic E-state index is 0.404. The van der Waals surface area contributed by atoms with Gasteiger partial charge in [0.1, 0.15) is 5.56 Å². The van der Waals surface area contributed by atoms with Crippen LogP contribution >= 0.6 is 11.6 Å². The summed E-state index contributed by atoms with van der Waals surface area (Å²) < 4.78 is 24.9. The van der Waals surface area contributed by atoms with Crippen LogP contribution in [-0.2, 0) is 0 Å². The topological polar surface area (TPSA) is 93.1 Å². The lowest BCUT2D eigenvalue weighted by Crippen LogP contribution is -2.19. The van der Waals surface area contributed by atoms with Gasteiger partial charge in [0, 0.05) is 11.6 Å². The molecule has 1 N–H and O–H groups in total. The second-order valence-electron chi connectivity index (χ2n) is 2.65. The lowest BCUT2D eigenvalue weighted by molar-refractivity contribution is -0.389. The second-order valence-corrected chi connectivity index (χ2v) is 2.99. The van der Waals surface area contributed by atoms with Crippen LogP contribution in [0, 0.1) is 10.1 Å². The molecular formula is C7H3ClF2N2O4. The number of nitrogens with zero attached hydrogens (tertiary/aromatic N) is 1. The van der Waals surface area contributed by atoms with Gasteiger partial charge in [0.05, 0.1) is 0 Å². The van der Waals surface area contributed by atoms with Gasteiger partial charge in [0.2, 0.25) is 0 Å². The van der Waals surface area contributed by atoms with Gasteiger partial charge in [-0.05, 0) is 16.5 Å². The van der Waals surface area contributed by atoms with E-state index >= 15 is 0 Å². The molecule has 6 nitrogen and oxygen atoms in total. The first-order chi connectivity index (χ1) is 7.34. The number of aromatic nitrogens is 1. The fourth-order valence-electron chi connectivity index (χ4n) is 1.04. The molecule has 86 valence electrons. The van der Waals surface area contributed by atoms with Gasteiger partial charge in [-0.3, -0.25) is 4.79 Å². The van der Waals surface area contributed by atoms with Crippen LogP contribution in [0.3, 0.4) is 0 Å². The molecule has 16 heavy (non-hydrogen) atoms. The van der Waals surface area contributed by atoms with Gasteiger partial charge < -0.3 is 10.1 Å². The van der Waals surface area contributed by atoms with Crippen LogP contribution in [0.2, 0.25) is 0 Å². The summed E-state index contributed by atoms with van der Waals surface area (Å²) in [7, 11) is 0. The van der Waals surface area contributed by atoms with E-state index in [1.165, 1.54) is 0 Å². The number of hydrogen-bond acceptors (Lipinski definition) is 4. The summed E-state index contributed by atoms with van der Waals surface area (Å²) in [6.07, 6.45) is -3.21. The van der Waals surface area contributed by atoms with Gasteiger partial charge in [0.15, 0.2) is 0 Å². The Hall–Kier alpha value is -1.83. The van der Waals surface area contributed by atoms with Crippen molar-refractivity contribution in [2.45, 2.75) is 6.43 Å². The Morgan fingerprint density at radius 2 is 2.12 bits per heavy atom. The fraction of sp³-hybridized carbons (Fsp3) is 0.143. The van der Waals surface area contributed by atoms with Crippen molar-refractivity contribution in [3.05, 3.63) is 37.7 Å². The number of aromatic amines is 1. The molecule has 1 rings (SSSR count). The zero-order chi connectivity index (χ0) is 12.5. The molecule has 0 aliphatic rings. The lowest BCUT2D eigenvalue weighted by atomic mass is 10.1. The van der Waals surface area contributed by atoms with E-state index in [1.807, 2.05) is 0 Å². The number of alkyl halides is 2. The number of halogens is 3. The quantitative estimate of drug-likeness (QED) is 0.502. The van der Waals surface area contributed by atoms with E-state index in [-0.39, 0.29) is 0 Å². The Morgan fingerprint density at radius 3 is 2.50 bits per heavy atom. The van der Waals surface area contributed by atoms with Crippen molar-refractivity contribution in [3.8, 4) is 0 Å². The number of H-pyrrole nitrogens is 1. The molecule has 0 saturated heterocycles. The summed E-state index contributed by atoms with van der Waals surface area (Å²) in [6.45, 7) is 0. The molecule has 0 unspecified atom stereocenters. The molecule has 1 aromatic rings. The summed E-state index contributed by atoms with van der Waals surface area (Å²) in [5, 5.41) is 8.88. The Labute approximate surface area is 91.0 Å². The number of pyridine rings is 1. The van der Waals surface area contributed by atoms with Gasteiger partial charge in [-0.25, -0.2) is 18.6 Å². The SMILES string of the molecule is O=C(Cl)c1c(C(F)F)cc([N+](=O)[O-])[nH]c1=O. The van der Waals surface area contributed by atoms with E-state index in [2.05, 4.69) is 0 Å². The third-order valence-electron chi connectivity index (χ3n) is 1.68. The van der Waals surface area contributed by atoms with Crippen molar-refractivity contribution in [2.24, 2.45) is 0 Å². The number of rotatable bonds is 3. The van der Waals surface area contributed by atoms with Gasteiger partial charge in [-0.2, -0.15) is 0 Å². The molecule has 0 atom stereocenters. The van der Waals surface area contributed by atoms with Gasteiger partial charge in [-0.15, -0.1) is 0 Å². The summed E-state index contributed by atoms with van der Waals surface area (Å²) in [5.41, 5.74) is -3.36. The van der Waals surface area contributed by atoms with Gasteiger partial charge >= 0.3 is 11.4 Å². The first kappa shape index (κ1) is 12.2. The van der Waals surface area contributed by atoms with Crippen molar-refractivity contribution < 1.29 is 18.5 Å². The Kier molecular flexibility index (Phi) is 3.33. The average Bonchev–Trinajstić information content (AvgIpc) is 2.15. The minimum atomic E-state index is -3.21. The molecule has 0 spiro atoms. The Balaban J connectivity index is 3.58. The maximum absolute atomic E-state index is 12.4. The van der Waals surface area contributed by atoms with E-state index in [1.54, 1.807) is 4.98 Å². The highest BCUT2D eigenvalue weighted by Gasteiger charge is 2.25. The molecule has 1 heterocycles. The number of carbonyl (C=O) groups is 1. The zero-order valence-corrected chi connectivity index (χ0v) is 8.12. The van der Waals surface area contributed by atoms with Crippen molar-refractivity contribution >= 4 is 22.7 Å². The third-order valence-corrected chi connectivity index (χ3v) is 1.87. The third kappa shape index (κ3) is 2.22. The maximum atomic E-state index is 12.4. The smallest absolute Gasteiger partial charge is 0.344 e. The lowest BCUT2D eigenvalue weighted by Gasteiger charge is -2.03. The fourth-order valence-corrected chi connectivity index (χ4v) is 1.23. The summed E-state index contributed by atoms with van der Waals surface area (Å²) in [6, 6.07) is 0.404. The van der Waals surface area contributed by atoms with Crippen molar-refractivity contribution in [1.29, 1.82) is 0 Å². The van der Waals surface area contributed by atoms with E-state index in [0.29, 0.717) is 6.07 Å². The Morgan fingerprint density at radius 1 is 1.56 bits per heavy atom. The van der Waals surface area contributed by atoms with Crippen LogP contribution in [0.5, 0.6) is 0 Å². The predicted molar refractivity (Wildman–Crippen MR) is 48.9 cm³/mol. The highest BCUT2D eigenvalue weighted by Crippen LogP contribution is 2.24. The number of hydrogen-bond donors (Lipinski definition) is 1. The number of carbonyl (C=O) groups excluding carboxylic acids is 1. The van der Waals surface area contributed by atoms with E-state index < -0.39 is 39.1 Å². The largest absolute Gasteiger partial charge is 0.358 e. The summed E-state index contributed by atoms with van der Waals surface area (Å²) in [4.78, 5) is 32.7. The molecule has 0 radical (unpaired) electrons. The van der Waals surface area contributed by atoms with Crippen molar-refractivity contribution in [2.75, 3.05) is 0 Å². The monoisotopic (exact) mass is 252 g/mol. The van der Waals surface area contributed by atoms with Crippen LogP contribution in [-0.4, -0.2) is 15.1 Å². The molecule has 9 heteroatoms. The molecule has 0 bridgehead atoms. The van der Waals surface area contributed by atoms with Crippen LogP contribution in [0.1, 0.15) is 22.3 Å². The summed E-state index contributed by atoms with van der Waals surface area (Å²) >= 11 is 4.93. The summed E-state index contributed by atoms with van der Waals surface area (Å²) in [5.74, 6) is -0.929. The molecule has 0 aliphatic heterocycles. The maximum Gasteiger partial charge on any atom is 0.344 e. The standard InChI is InChI=1S/C7H3ClF2N2O4/c8-5(13)4-2(6(9)10)1-3(12(15)16)11-7(4)14/h1,6H,(H,11,14). The molecule has 0 fully saturated rings. The zero-order valence-electron chi connectivity index (χ0n) is 7.37. The number of nitrogens with one attached hydrogen (secondary N) is 1. The molecule has 1 aromatic heterocycles. The molecule has 0 amide bonds. The van der Waals surface area contributed by atoms with Crippen LogP contribution in [0.15, 0.2) is 10.9 Å². The first-order valence-electron chi connectivity index (χ1n) is 3.74. The molecule has 0 aliphatic carbocycles. The van der Waals surface area contributed by atoms with Crippen LogP contribution in [0.4, 0.5) is 14.6 Å². The van der Waals surface area contributed by atoms with Crippen LogP contribution in [0.25, 0.3) is 0 Å². The van der Waals surface area contributed by atoms with Crippen molar-refractivity contribution in [1.82, 2.24) is 4.98 Å². The molecule has 0 aromatic carbocycles. The predicted octanol–water partition coefficient (Wildman–Crippen LogP) is 1.60. The Bertz CT molecular complexity index is 514. The van der Waals surface area contributed by atoms with Gasteiger partial charge in [0.25, 0.3) is 11.7 Å². The van der Waals surface area contributed by atoms with E-state index in [9.17, 15) is 28.5 Å². The minimum Gasteiger partial charge on any atom is -0.358 e. The van der Waals surface area contributed by atoms with Crippen LogP contribution < -0.4 is 5.56 Å². The van der Waals surface area contributed by atoms with Crippen molar-refractivity contribution in [3.63, 3.8) is 0 Å². The number of nitro groups is 1. The average molecular weight is 253 g/mol. The first-order valence-corrected chi connectivity index (χ1v) is 4.12. The van der Waals surface area contributed by atoms with E-state index in [0.717, 1.165) is 0 Å². The van der Waals surface area contributed by atoms with E-state index in [4.69, 9.17) is 11.6 Å². The van der Waals surface area contributed by atoms with Gasteiger partial charge in [-0.1, -0.05) is 0 Å². The normalized spacial score (nSPS) is 10.5. The molecular weight excluding hydrogens is 250 g/mol.